The van der Waals surface area contributed by atoms with Crippen molar-refractivity contribution < 1.29 is 34.1 Å². The molecule has 0 atom stereocenters. The van der Waals surface area contributed by atoms with Gasteiger partial charge in [-0.2, -0.15) is 0 Å². The summed E-state index contributed by atoms with van der Waals surface area (Å²) in [6, 6.07) is 1.94. The van der Waals surface area contributed by atoms with Gasteiger partial charge in [0.05, 0.1) is 17.1 Å². The molecule has 0 spiro atoms. The van der Waals surface area contributed by atoms with Gasteiger partial charge >= 0.3 is 11.7 Å². The number of benzene rings is 1. The van der Waals surface area contributed by atoms with Crippen molar-refractivity contribution in [1.82, 2.24) is 0 Å². The van der Waals surface area contributed by atoms with E-state index < -0.39 is 28.1 Å². The van der Waals surface area contributed by atoms with Crippen LogP contribution in [0.25, 0.3) is 11.1 Å². The van der Waals surface area contributed by atoms with E-state index >= 15 is 0 Å². The fourth-order valence-electron chi connectivity index (χ4n) is 1.88. The van der Waals surface area contributed by atoms with Gasteiger partial charge in [-0.15, -0.1) is 0 Å². The molecule has 2 N–H and O–H groups in total. The van der Waals surface area contributed by atoms with Crippen molar-refractivity contribution in [3.05, 3.63) is 40.3 Å². The number of furan rings is 1. The van der Waals surface area contributed by atoms with Gasteiger partial charge < -0.3 is 24.4 Å². The standard InChI is InChI=1S/C13H11NO8/c1-2-21-13(17)9-6-22(20)5-8(9)7-3-10(14(18)19)12(16)11(15)4-7/h3-6,15-16H,2H2,1H3. The van der Waals surface area contributed by atoms with Gasteiger partial charge in [0.25, 0.3) is 12.5 Å². The summed E-state index contributed by atoms with van der Waals surface area (Å²) in [5.74, 6) is -2.45. The van der Waals surface area contributed by atoms with Gasteiger partial charge in [0.2, 0.25) is 5.75 Å². The maximum Gasteiger partial charge on any atom is 0.347 e. The lowest BCUT2D eigenvalue weighted by Crippen LogP contribution is -2.05. The molecule has 1 aromatic carbocycles. The van der Waals surface area contributed by atoms with Crippen molar-refractivity contribution >= 4 is 11.7 Å². The Kier molecular flexibility index (Phi) is 3.89. The Balaban J connectivity index is 2.62. The number of nitro groups is 1. The molecule has 0 aliphatic heterocycles. The Morgan fingerprint density at radius 3 is 2.64 bits per heavy atom. The van der Waals surface area contributed by atoms with Crippen LogP contribution in [-0.4, -0.2) is 27.7 Å². The molecule has 0 bridgehead atoms. The largest absolute Gasteiger partial charge is 0.556 e. The molecule has 1 aromatic heterocycles. The third-order valence-electron chi connectivity index (χ3n) is 2.83. The third-order valence-corrected chi connectivity index (χ3v) is 2.83. The second-order valence-corrected chi connectivity index (χ2v) is 4.23. The molecule has 1 heterocycles. The highest BCUT2D eigenvalue weighted by Crippen LogP contribution is 2.40. The van der Waals surface area contributed by atoms with E-state index in [0.29, 0.717) is 0 Å². The molecule has 0 aliphatic carbocycles. The van der Waals surface area contributed by atoms with Gasteiger partial charge in [-0.05, 0) is 13.0 Å². The minimum absolute atomic E-state index is 0.00662. The van der Waals surface area contributed by atoms with Crippen LogP contribution in [0.3, 0.4) is 0 Å². The lowest BCUT2D eigenvalue weighted by atomic mass is 10.0. The summed E-state index contributed by atoms with van der Waals surface area (Å²) < 4.78 is 5.95. The number of ether oxygens (including phenoxy) is 1. The van der Waals surface area contributed by atoms with Crippen LogP contribution >= 0.6 is 0 Å². The summed E-state index contributed by atoms with van der Waals surface area (Å²) >= 11 is 0. The number of hydrogen-bond donors (Lipinski definition) is 2. The van der Waals surface area contributed by atoms with Crippen molar-refractivity contribution in [2.45, 2.75) is 6.92 Å². The van der Waals surface area contributed by atoms with E-state index in [1.807, 2.05) is 0 Å². The molecule has 0 saturated carbocycles. The molecule has 0 radical (unpaired) electrons. The predicted molar refractivity (Wildman–Crippen MR) is 70.1 cm³/mol. The number of esters is 1. The van der Waals surface area contributed by atoms with E-state index in [4.69, 9.17) is 4.74 Å². The van der Waals surface area contributed by atoms with Gasteiger partial charge in [0, 0.05) is 11.6 Å². The topological polar surface area (TPSA) is 136 Å². The van der Waals surface area contributed by atoms with Crippen LogP contribution in [0.15, 0.2) is 28.9 Å². The second-order valence-electron chi connectivity index (χ2n) is 4.23. The Hall–Kier alpha value is -3.23. The van der Waals surface area contributed by atoms with Crippen molar-refractivity contribution in [3.8, 4) is 22.6 Å². The zero-order valence-corrected chi connectivity index (χ0v) is 11.3. The highest BCUT2D eigenvalue weighted by Gasteiger charge is 2.26. The Morgan fingerprint density at radius 1 is 1.36 bits per heavy atom. The molecule has 9 nitrogen and oxygen atoms in total. The van der Waals surface area contributed by atoms with Gasteiger partial charge in [-0.3, -0.25) is 10.1 Å². The minimum atomic E-state index is -0.902. The van der Waals surface area contributed by atoms with E-state index in [-0.39, 0.29) is 23.3 Å². The first kappa shape index (κ1) is 15.2. The zero-order valence-electron chi connectivity index (χ0n) is 11.3. The van der Waals surface area contributed by atoms with E-state index in [2.05, 4.69) is 0 Å². The fraction of sp³-hybridized carbons (Fsp3) is 0.154. The molecule has 116 valence electrons. The third kappa shape index (κ3) is 2.64. The van der Waals surface area contributed by atoms with E-state index in [1.165, 1.54) is 4.20 Å². The van der Waals surface area contributed by atoms with Gasteiger partial charge in [-0.1, -0.05) is 0 Å². The van der Waals surface area contributed by atoms with E-state index in [1.54, 1.807) is 6.92 Å². The highest BCUT2D eigenvalue weighted by atomic mass is 17.1. The number of phenolic OH excluding ortho intramolecular Hbond substituents is 2. The smallest absolute Gasteiger partial charge is 0.347 e. The molecule has 2 rings (SSSR count). The van der Waals surface area contributed by atoms with Crippen molar-refractivity contribution in [2.75, 3.05) is 6.61 Å². The highest BCUT2D eigenvalue weighted by molar-refractivity contribution is 5.97. The molecule has 0 fully saturated rings. The molecular formula is C13H11NO8. The molecule has 0 unspecified atom stereocenters. The first-order valence-electron chi connectivity index (χ1n) is 6.06. The van der Waals surface area contributed by atoms with Gasteiger partial charge in [0.15, 0.2) is 11.3 Å². The summed E-state index contributed by atoms with van der Waals surface area (Å²) in [6.45, 7) is 1.66. The van der Waals surface area contributed by atoms with E-state index in [9.17, 15) is 30.4 Å². The SMILES string of the molecule is CCOC(=O)c1c[o+]([O-])cc1-c1cc(O)c(O)c([N+](=O)[O-])c1. The number of nitro benzene ring substituents is 1. The van der Waals surface area contributed by atoms with Crippen LogP contribution in [0.5, 0.6) is 11.5 Å². The number of nitrogens with zero attached hydrogens (tertiary/aromatic N) is 1. The fourth-order valence-corrected chi connectivity index (χ4v) is 1.88. The molecule has 2 aromatic rings. The van der Waals surface area contributed by atoms with Crippen LogP contribution in [-0.2, 0) is 4.74 Å². The number of phenols is 2. The summed E-state index contributed by atoms with van der Waals surface area (Å²) in [7, 11) is 0. The van der Waals surface area contributed by atoms with Crippen molar-refractivity contribution in [1.29, 1.82) is 0 Å². The quantitative estimate of drug-likeness (QED) is 0.216. The summed E-state index contributed by atoms with van der Waals surface area (Å²) in [4.78, 5) is 21.7. The van der Waals surface area contributed by atoms with Gasteiger partial charge in [-0.25, -0.2) is 4.79 Å². The second kappa shape index (κ2) is 5.64. The number of carbonyl (C=O) groups excluding carboxylic acids is 1. The van der Waals surface area contributed by atoms with Crippen LogP contribution in [0.4, 0.5) is 5.69 Å². The number of carbonyl (C=O) groups is 1. The lowest BCUT2D eigenvalue weighted by molar-refractivity contribution is -0.696. The van der Waals surface area contributed by atoms with E-state index in [0.717, 1.165) is 24.7 Å². The minimum Gasteiger partial charge on any atom is -0.556 e. The molecule has 0 saturated heterocycles. The van der Waals surface area contributed by atoms with Gasteiger partial charge in [0.1, 0.15) is 0 Å². The Morgan fingerprint density at radius 2 is 2.05 bits per heavy atom. The molecule has 22 heavy (non-hydrogen) atoms. The first-order valence-corrected chi connectivity index (χ1v) is 6.06. The summed E-state index contributed by atoms with van der Waals surface area (Å²) in [5.41, 5.74) is -0.876. The maximum atomic E-state index is 11.8. The zero-order chi connectivity index (χ0) is 16.4. The normalized spacial score (nSPS) is 10.4. The predicted octanol–water partition coefficient (Wildman–Crippen LogP) is 1.25. The molecule has 0 aliphatic rings. The average molecular weight is 309 g/mol. The Labute approximate surface area is 123 Å². The first-order chi connectivity index (χ1) is 10.3. The number of aromatic hydroxyl groups is 2. The van der Waals surface area contributed by atoms with Crippen LogP contribution < -0.4 is 5.26 Å². The lowest BCUT2D eigenvalue weighted by Gasteiger charge is -2.04. The average Bonchev–Trinajstić information content (AvgIpc) is 2.83. The van der Waals surface area contributed by atoms with Crippen LogP contribution in [0, 0.1) is 10.1 Å². The monoisotopic (exact) mass is 309 g/mol. The molecular weight excluding hydrogens is 298 g/mol. The number of rotatable bonds is 4. The summed E-state index contributed by atoms with van der Waals surface area (Å²) in [6.07, 6.45) is 1.81. The maximum absolute atomic E-state index is 11.8. The van der Waals surface area contributed by atoms with Crippen molar-refractivity contribution in [2.24, 2.45) is 0 Å². The summed E-state index contributed by atoms with van der Waals surface area (Å²) in [5, 5.41) is 41.2. The molecule has 9 heteroatoms. The Bertz CT molecular complexity index is 749. The van der Waals surface area contributed by atoms with Crippen LogP contribution in [0.2, 0.25) is 0 Å². The molecule has 0 amide bonds. The number of hydrogen-bond acceptors (Lipinski definition) is 7. The van der Waals surface area contributed by atoms with Crippen LogP contribution in [0.1, 0.15) is 17.3 Å². The van der Waals surface area contributed by atoms with Crippen molar-refractivity contribution in [3.63, 3.8) is 0 Å².